The third-order valence-electron chi connectivity index (χ3n) is 4.96. The van der Waals surface area contributed by atoms with Crippen LogP contribution in [0.15, 0.2) is 64.7 Å². The standard InChI is InChI=1S/C22H24N4O4.Co/c1-15(27)13-26-19-8-7-17(30-4)12-18(19)22(2,3)20(26)9-10-23-24-21(28)16-6-5-11-25(29)14-16;/h5-12,14H,13H2,1-4H3,(H,24,28);/b20-9-,23-10+;. The van der Waals surface area contributed by atoms with Crippen molar-refractivity contribution in [2.24, 2.45) is 10.2 Å². The molecule has 0 bridgehead atoms. The summed E-state index contributed by atoms with van der Waals surface area (Å²) in [6, 6.07) is 8.84. The molecule has 1 N–H and O–H groups in total. The minimum absolute atomic E-state index is 0. The van der Waals surface area contributed by atoms with E-state index in [1.165, 1.54) is 24.7 Å². The summed E-state index contributed by atoms with van der Waals surface area (Å²) in [6.07, 6.45) is 5.73. The summed E-state index contributed by atoms with van der Waals surface area (Å²) in [5.74, 6) is 0.407. The van der Waals surface area contributed by atoms with Crippen molar-refractivity contribution in [1.29, 1.82) is 0 Å². The molecule has 1 aliphatic rings. The Kier molecular flexibility index (Phi) is 7.58. The van der Waals surface area contributed by atoms with E-state index in [1.54, 1.807) is 26.2 Å². The van der Waals surface area contributed by atoms with Gasteiger partial charge in [0.05, 0.1) is 19.9 Å². The first-order valence-corrected chi connectivity index (χ1v) is 9.39. The Balaban J connectivity index is 0.00000341. The molecule has 3 rings (SSSR count). The van der Waals surface area contributed by atoms with Gasteiger partial charge in [0.2, 0.25) is 5.90 Å². The van der Waals surface area contributed by atoms with Crippen molar-refractivity contribution in [2.45, 2.75) is 26.2 Å². The molecule has 0 atom stereocenters. The molecule has 0 spiro atoms. The molecule has 2 aromatic rings. The van der Waals surface area contributed by atoms with Crippen LogP contribution in [0, 0.1) is 5.21 Å². The van der Waals surface area contributed by atoms with Crippen molar-refractivity contribution in [3.63, 3.8) is 0 Å². The third kappa shape index (κ3) is 5.12. The van der Waals surface area contributed by atoms with Crippen LogP contribution in [0.4, 0.5) is 5.69 Å². The normalized spacial score (nSPS) is 16.3. The molecule has 165 valence electrons. The van der Waals surface area contributed by atoms with Crippen molar-refractivity contribution in [1.82, 2.24) is 0 Å². The van der Waals surface area contributed by atoms with E-state index >= 15 is 0 Å². The van der Waals surface area contributed by atoms with Gasteiger partial charge in [-0.1, -0.05) is 13.8 Å². The topological polar surface area (TPSA) is 101 Å². The number of benzene rings is 1. The number of aliphatic hydroxyl groups excluding tert-OH is 1. The van der Waals surface area contributed by atoms with E-state index < -0.39 is 5.41 Å². The predicted octanol–water partition coefficient (Wildman–Crippen LogP) is 2.89. The van der Waals surface area contributed by atoms with Crippen LogP contribution in [0.5, 0.6) is 5.75 Å². The number of ether oxygens (including phenoxy) is 1. The van der Waals surface area contributed by atoms with Gasteiger partial charge in [-0.25, -0.2) is 0 Å². The molecule has 0 unspecified atom stereocenters. The molecule has 1 aromatic carbocycles. The van der Waals surface area contributed by atoms with Crippen LogP contribution >= 0.6 is 0 Å². The van der Waals surface area contributed by atoms with Gasteiger partial charge in [0.15, 0.2) is 12.4 Å². The molecule has 2 heterocycles. The number of methoxy groups -OCH3 is 1. The number of allylic oxidation sites excluding steroid dienone is 2. The number of hydrogen-bond acceptors (Lipinski definition) is 6. The first-order chi connectivity index (χ1) is 14.2. The summed E-state index contributed by atoms with van der Waals surface area (Å²) < 4.78 is 5.93. The molecule has 0 saturated heterocycles. The van der Waals surface area contributed by atoms with Crippen LogP contribution in [-0.2, 0) is 27.0 Å². The number of ketones is 1. The molecule has 0 saturated carbocycles. The van der Waals surface area contributed by atoms with Crippen LogP contribution in [0.3, 0.4) is 0 Å². The molecular formula is C22H24CoN4O4. The zero-order valence-corrected chi connectivity index (χ0v) is 18.7. The van der Waals surface area contributed by atoms with Crippen molar-refractivity contribution in [2.75, 3.05) is 18.6 Å². The fourth-order valence-corrected chi connectivity index (χ4v) is 3.51. The monoisotopic (exact) mass is 467 g/mol. The van der Waals surface area contributed by atoms with Gasteiger partial charge in [-0.2, -0.15) is 9.83 Å². The van der Waals surface area contributed by atoms with Crippen molar-refractivity contribution in [3.8, 4) is 5.75 Å². The Morgan fingerprint density at radius 2 is 2.10 bits per heavy atom. The molecule has 0 fully saturated rings. The summed E-state index contributed by atoms with van der Waals surface area (Å²) in [5, 5.41) is 29.0. The number of fused-ring (bicyclic) bond motifs is 1. The smallest absolute Gasteiger partial charge is 0.244 e. The number of carbonyl (C=O) groups is 1. The van der Waals surface area contributed by atoms with Crippen LogP contribution in [0.1, 0.15) is 31.9 Å². The van der Waals surface area contributed by atoms with Gasteiger partial charge in [-0.05, 0) is 42.8 Å². The fraction of sp³-hybridized carbons (Fsp3) is 0.273. The van der Waals surface area contributed by atoms with E-state index in [1.807, 2.05) is 23.1 Å². The Bertz CT molecular complexity index is 1060. The molecule has 31 heavy (non-hydrogen) atoms. The molecular weight excluding hydrogens is 443 g/mol. The Morgan fingerprint density at radius 1 is 1.35 bits per heavy atom. The number of nitrogens with zero attached hydrogens (tertiary/aromatic N) is 4. The summed E-state index contributed by atoms with van der Waals surface area (Å²) >= 11 is 0. The fourth-order valence-electron chi connectivity index (χ4n) is 3.51. The van der Waals surface area contributed by atoms with Gasteiger partial charge in [0, 0.05) is 39.6 Å². The first kappa shape index (κ1) is 24.1. The zero-order chi connectivity index (χ0) is 21.9. The van der Waals surface area contributed by atoms with Crippen molar-refractivity contribution < 1.29 is 36.1 Å². The quantitative estimate of drug-likeness (QED) is 0.232. The SMILES string of the molecule is COc1ccc2c(c1)C(C)(C)/C(=C/C=N/N=C(\O)c1ccc[n+]([O-])c1)N2CC(C)=O.[Co]. The van der Waals surface area contributed by atoms with E-state index in [4.69, 9.17) is 4.74 Å². The maximum atomic E-state index is 11.9. The first-order valence-electron chi connectivity index (χ1n) is 9.39. The Labute approximate surface area is 191 Å². The maximum Gasteiger partial charge on any atom is 0.244 e. The summed E-state index contributed by atoms with van der Waals surface area (Å²) in [4.78, 5) is 13.8. The number of carbonyl (C=O) groups excluding carboxylic acids is 1. The molecule has 0 amide bonds. The molecule has 1 aromatic heterocycles. The van der Waals surface area contributed by atoms with Crippen molar-refractivity contribution >= 4 is 23.6 Å². The molecule has 0 aliphatic carbocycles. The predicted molar refractivity (Wildman–Crippen MR) is 115 cm³/mol. The van der Waals surface area contributed by atoms with E-state index in [-0.39, 0.29) is 40.6 Å². The van der Waals surface area contributed by atoms with Gasteiger partial charge < -0.3 is 20.0 Å². The van der Waals surface area contributed by atoms with E-state index in [0.717, 1.165) is 22.7 Å². The van der Waals surface area contributed by atoms with Crippen LogP contribution < -0.4 is 14.4 Å². The summed E-state index contributed by atoms with van der Waals surface area (Å²) in [6.45, 7) is 5.89. The number of anilines is 1. The van der Waals surface area contributed by atoms with Crippen molar-refractivity contribution in [3.05, 3.63) is 70.8 Å². The Morgan fingerprint density at radius 3 is 2.74 bits per heavy atom. The van der Waals surface area contributed by atoms with Crippen LogP contribution in [0.2, 0.25) is 0 Å². The average Bonchev–Trinajstić information content (AvgIpc) is 2.91. The molecule has 8 nitrogen and oxygen atoms in total. The molecule has 1 radical (unpaired) electrons. The van der Waals surface area contributed by atoms with Gasteiger partial charge >= 0.3 is 0 Å². The summed E-state index contributed by atoms with van der Waals surface area (Å²) in [7, 11) is 1.62. The van der Waals surface area contributed by atoms with Crippen LogP contribution in [-0.4, -0.2) is 36.7 Å². The molecule has 1 aliphatic heterocycles. The maximum absolute atomic E-state index is 11.9. The second kappa shape index (κ2) is 9.76. The largest absolute Gasteiger partial charge is 0.619 e. The van der Waals surface area contributed by atoms with Gasteiger partial charge in [-0.15, -0.1) is 5.10 Å². The average molecular weight is 467 g/mol. The Hall–Kier alpha value is -3.17. The third-order valence-corrected chi connectivity index (χ3v) is 4.96. The van der Waals surface area contributed by atoms with E-state index in [0.29, 0.717) is 4.73 Å². The zero-order valence-electron chi connectivity index (χ0n) is 17.7. The second-order valence-corrected chi connectivity index (χ2v) is 7.49. The number of hydrogen-bond donors (Lipinski definition) is 1. The number of rotatable bonds is 6. The molecule has 9 heteroatoms. The minimum Gasteiger partial charge on any atom is -0.619 e. The number of aliphatic hydroxyl groups is 1. The van der Waals surface area contributed by atoms with Gasteiger partial charge in [0.25, 0.3) is 0 Å². The summed E-state index contributed by atoms with van der Waals surface area (Å²) in [5.41, 5.74) is 2.71. The van der Waals surface area contributed by atoms with Gasteiger partial charge in [-0.3, -0.25) is 4.79 Å². The second-order valence-electron chi connectivity index (χ2n) is 7.49. The number of aromatic nitrogens is 1. The van der Waals surface area contributed by atoms with E-state index in [9.17, 15) is 15.1 Å². The number of pyridine rings is 1. The number of Topliss-reactive ketones (excluding diaryl/α,β-unsaturated/α-hetero) is 1. The van der Waals surface area contributed by atoms with E-state index in [2.05, 4.69) is 24.1 Å². The minimum atomic E-state index is -0.398. The van der Waals surface area contributed by atoms with Gasteiger partial charge in [0.1, 0.15) is 17.1 Å². The van der Waals surface area contributed by atoms with Crippen LogP contribution in [0.25, 0.3) is 0 Å².